The summed E-state index contributed by atoms with van der Waals surface area (Å²) >= 11 is 0. The molecule has 0 aromatic heterocycles. The molecule has 0 amide bonds. The quantitative estimate of drug-likeness (QED) is 0.535. The van der Waals surface area contributed by atoms with Crippen molar-refractivity contribution in [3.05, 3.63) is 34.4 Å². The van der Waals surface area contributed by atoms with E-state index in [1.54, 1.807) is 12.1 Å². The standard InChI is InChI=1S/C20H30O4/c1-7-9-10-23-18(21)16-11-14(3)15(8-2)12-17(16)19(22)24-13-20(4,5)6/h11-12H,7-10,13H2,1-6H3. The summed E-state index contributed by atoms with van der Waals surface area (Å²) in [5.74, 6) is -0.932. The van der Waals surface area contributed by atoms with Crippen molar-refractivity contribution in [3.8, 4) is 0 Å². The van der Waals surface area contributed by atoms with E-state index in [1.165, 1.54) is 0 Å². The Hall–Kier alpha value is -1.84. The third-order valence-corrected chi connectivity index (χ3v) is 3.66. The molecule has 4 nitrogen and oxygen atoms in total. The Morgan fingerprint density at radius 1 is 1.00 bits per heavy atom. The lowest BCUT2D eigenvalue weighted by Crippen LogP contribution is -2.21. The molecule has 1 rings (SSSR count). The molecule has 0 radical (unpaired) electrons. The third kappa shape index (κ3) is 5.99. The Kier molecular flexibility index (Phi) is 7.46. The molecule has 0 saturated heterocycles. The molecule has 0 saturated carbocycles. The first kappa shape index (κ1) is 20.2. The van der Waals surface area contributed by atoms with Gasteiger partial charge < -0.3 is 9.47 Å². The van der Waals surface area contributed by atoms with Crippen molar-refractivity contribution in [3.63, 3.8) is 0 Å². The highest BCUT2D eigenvalue weighted by molar-refractivity contribution is 6.03. The lowest BCUT2D eigenvalue weighted by molar-refractivity contribution is 0.0352. The Balaban J connectivity index is 3.10. The fourth-order valence-electron chi connectivity index (χ4n) is 2.22. The number of hydrogen-bond donors (Lipinski definition) is 0. The van der Waals surface area contributed by atoms with E-state index in [1.807, 2.05) is 41.5 Å². The first-order valence-electron chi connectivity index (χ1n) is 8.67. The van der Waals surface area contributed by atoms with Gasteiger partial charge in [-0.1, -0.05) is 41.0 Å². The van der Waals surface area contributed by atoms with Crippen molar-refractivity contribution in [1.82, 2.24) is 0 Å². The minimum Gasteiger partial charge on any atom is -0.462 e. The molecule has 4 heteroatoms. The van der Waals surface area contributed by atoms with Crippen LogP contribution in [0.3, 0.4) is 0 Å². The van der Waals surface area contributed by atoms with E-state index < -0.39 is 11.9 Å². The highest BCUT2D eigenvalue weighted by Gasteiger charge is 2.23. The molecule has 0 N–H and O–H groups in total. The first-order chi connectivity index (χ1) is 11.2. The smallest absolute Gasteiger partial charge is 0.339 e. The minimum absolute atomic E-state index is 0.129. The number of unbranched alkanes of at least 4 members (excludes halogenated alkanes) is 1. The summed E-state index contributed by atoms with van der Waals surface area (Å²) in [5.41, 5.74) is 2.47. The number of carbonyl (C=O) groups is 2. The van der Waals surface area contributed by atoms with E-state index in [0.717, 1.165) is 30.4 Å². The summed E-state index contributed by atoms with van der Waals surface area (Å²) in [6.07, 6.45) is 2.54. The van der Waals surface area contributed by atoms with E-state index in [9.17, 15) is 9.59 Å². The molecule has 1 aromatic carbocycles. The van der Waals surface area contributed by atoms with Gasteiger partial charge in [0.25, 0.3) is 0 Å². The monoisotopic (exact) mass is 334 g/mol. The lowest BCUT2D eigenvalue weighted by atomic mass is 9.97. The molecular weight excluding hydrogens is 304 g/mol. The van der Waals surface area contributed by atoms with Crippen LogP contribution in [0.15, 0.2) is 12.1 Å². The van der Waals surface area contributed by atoms with E-state index in [2.05, 4.69) is 0 Å². The molecule has 0 atom stereocenters. The molecule has 134 valence electrons. The van der Waals surface area contributed by atoms with Crippen molar-refractivity contribution in [2.45, 2.75) is 60.8 Å². The predicted molar refractivity (Wildman–Crippen MR) is 95.5 cm³/mol. The third-order valence-electron chi connectivity index (χ3n) is 3.66. The number of aryl methyl sites for hydroxylation is 2. The van der Waals surface area contributed by atoms with E-state index >= 15 is 0 Å². The Bertz CT molecular complexity index is 582. The summed E-state index contributed by atoms with van der Waals surface area (Å²) in [7, 11) is 0. The summed E-state index contributed by atoms with van der Waals surface area (Å²) in [6.45, 7) is 12.6. The Morgan fingerprint density at radius 2 is 1.58 bits per heavy atom. The largest absolute Gasteiger partial charge is 0.462 e. The SMILES string of the molecule is CCCCOC(=O)c1cc(C)c(CC)cc1C(=O)OCC(C)(C)C. The van der Waals surface area contributed by atoms with Crippen molar-refractivity contribution < 1.29 is 19.1 Å². The molecule has 0 bridgehead atoms. The van der Waals surface area contributed by atoms with Gasteiger partial charge in [0.2, 0.25) is 0 Å². The molecule has 0 fully saturated rings. The van der Waals surface area contributed by atoms with Crippen molar-refractivity contribution in [1.29, 1.82) is 0 Å². The van der Waals surface area contributed by atoms with Gasteiger partial charge in [-0.3, -0.25) is 0 Å². The highest BCUT2D eigenvalue weighted by atomic mass is 16.5. The zero-order chi connectivity index (χ0) is 18.3. The van der Waals surface area contributed by atoms with Gasteiger partial charge in [0.15, 0.2) is 0 Å². The molecule has 24 heavy (non-hydrogen) atoms. The molecule has 0 heterocycles. The molecule has 0 aliphatic rings. The molecule has 0 aliphatic heterocycles. The number of benzene rings is 1. The van der Waals surface area contributed by atoms with Crippen LogP contribution in [0.1, 0.15) is 79.3 Å². The van der Waals surface area contributed by atoms with Gasteiger partial charge in [0.1, 0.15) is 0 Å². The van der Waals surface area contributed by atoms with Crippen molar-refractivity contribution >= 4 is 11.9 Å². The molecule has 0 spiro atoms. The van der Waals surface area contributed by atoms with Gasteiger partial charge in [-0.2, -0.15) is 0 Å². The lowest BCUT2D eigenvalue weighted by Gasteiger charge is -2.19. The minimum atomic E-state index is -0.470. The average Bonchev–Trinajstić information content (AvgIpc) is 2.51. The topological polar surface area (TPSA) is 52.6 Å². The maximum Gasteiger partial charge on any atom is 0.339 e. The zero-order valence-corrected chi connectivity index (χ0v) is 15.8. The first-order valence-corrected chi connectivity index (χ1v) is 8.67. The summed E-state index contributed by atoms with van der Waals surface area (Å²) < 4.78 is 10.7. The number of rotatable bonds is 7. The van der Waals surface area contributed by atoms with Crippen LogP contribution in [0.25, 0.3) is 0 Å². The van der Waals surface area contributed by atoms with Gasteiger partial charge in [0, 0.05) is 0 Å². The summed E-state index contributed by atoms with van der Waals surface area (Å²) in [5, 5.41) is 0. The average molecular weight is 334 g/mol. The van der Waals surface area contributed by atoms with Crippen LogP contribution in [-0.4, -0.2) is 25.2 Å². The van der Waals surface area contributed by atoms with Crippen LogP contribution >= 0.6 is 0 Å². The van der Waals surface area contributed by atoms with Crippen LogP contribution in [0, 0.1) is 12.3 Å². The second-order valence-electron chi connectivity index (χ2n) is 7.30. The summed E-state index contributed by atoms with van der Waals surface area (Å²) in [6, 6.07) is 3.50. The zero-order valence-electron chi connectivity index (χ0n) is 15.8. The molecule has 0 unspecified atom stereocenters. The van der Waals surface area contributed by atoms with Crippen molar-refractivity contribution in [2.75, 3.05) is 13.2 Å². The van der Waals surface area contributed by atoms with Crippen LogP contribution in [0.2, 0.25) is 0 Å². The second kappa shape index (κ2) is 8.86. The second-order valence-corrected chi connectivity index (χ2v) is 7.30. The van der Waals surface area contributed by atoms with E-state index in [-0.39, 0.29) is 5.41 Å². The normalized spacial score (nSPS) is 11.2. The van der Waals surface area contributed by atoms with Crippen LogP contribution in [0.4, 0.5) is 0 Å². The van der Waals surface area contributed by atoms with Gasteiger partial charge in [-0.15, -0.1) is 0 Å². The maximum atomic E-state index is 12.5. The number of hydrogen-bond acceptors (Lipinski definition) is 4. The van der Waals surface area contributed by atoms with Gasteiger partial charge >= 0.3 is 11.9 Å². The van der Waals surface area contributed by atoms with E-state index in [0.29, 0.717) is 24.3 Å². The summed E-state index contributed by atoms with van der Waals surface area (Å²) in [4.78, 5) is 24.9. The van der Waals surface area contributed by atoms with Gasteiger partial charge in [-0.25, -0.2) is 9.59 Å². The maximum absolute atomic E-state index is 12.5. The molecule has 0 aliphatic carbocycles. The van der Waals surface area contributed by atoms with Crippen LogP contribution in [-0.2, 0) is 15.9 Å². The molecular formula is C20H30O4. The Labute approximate surface area is 145 Å². The van der Waals surface area contributed by atoms with Gasteiger partial charge in [-0.05, 0) is 48.4 Å². The van der Waals surface area contributed by atoms with E-state index in [4.69, 9.17) is 9.47 Å². The number of carbonyl (C=O) groups excluding carboxylic acids is 2. The number of ether oxygens (including phenoxy) is 2. The molecule has 1 aromatic rings. The number of esters is 2. The van der Waals surface area contributed by atoms with Gasteiger partial charge in [0.05, 0.1) is 24.3 Å². The fraction of sp³-hybridized carbons (Fsp3) is 0.600. The fourth-order valence-corrected chi connectivity index (χ4v) is 2.22. The predicted octanol–water partition coefficient (Wildman–Crippen LogP) is 4.72. The highest BCUT2D eigenvalue weighted by Crippen LogP contribution is 2.21. The Morgan fingerprint density at radius 3 is 2.12 bits per heavy atom. The van der Waals surface area contributed by atoms with Crippen LogP contribution < -0.4 is 0 Å². The van der Waals surface area contributed by atoms with Crippen molar-refractivity contribution in [2.24, 2.45) is 5.41 Å². The van der Waals surface area contributed by atoms with Crippen LogP contribution in [0.5, 0.6) is 0 Å².